The van der Waals surface area contributed by atoms with Crippen LogP contribution in [-0.4, -0.2) is 28.0 Å². The van der Waals surface area contributed by atoms with Crippen molar-refractivity contribution in [1.82, 2.24) is 4.98 Å². The van der Waals surface area contributed by atoms with E-state index in [9.17, 15) is 18.3 Å². The number of para-hydroxylation sites is 1. The van der Waals surface area contributed by atoms with E-state index in [1.54, 1.807) is 18.2 Å². The molecule has 1 atom stereocenters. The third kappa shape index (κ3) is 5.05. The van der Waals surface area contributed by atoms with Gasteiger partial charge in [0.25, 0.3) is 5.19 Å². The van der Waals surface area contributed by atoms with Gasteiger partial charge in [-0.2, -0.15) is 13.2 Å². The lowest BCUT2D eigenvalue weighted by atomic mass is 9.91. The predicted molar refractivity (Wildman–Crippen MR) is 112 cm³/mol. The third-order valence-electron chi connectivity index (χ3n) is 4.78. The highest BCUT2D eigenvalue weighted by atomic mass is 32.1. The van der Waals surface area contributed by atoms with Gasteiger partial charge in [-0.3, -0.25) is 0 Å². The zero-order valence-corrected chi connectivity index (χ0v) is 17.8. The molecule has 1 unspecified atom stereocenters. The number of aryl methyl sites for hydroxylation is 1. The van der Waals surface area contributed by atoms with E-state index in [-0.39, 0.29) is 12.5 Å². The summed E-state index contributed by atoms with van der Waals surface area (Å²) in [6.07, 6.45) is -5.59. The molecule has 1 N–H and O–H groups in total. The number of hydrogen-bond acceptors (Lipinski definition) is 5. The standard InChI is InChI=1S/C22H24F3NO3S/c1-4-21(27,22(23,24)25)12-11-15-9-10-17(18(13-15)28-14(2)3)29-20-26-16-7-5-6-8-19(16)30-20/h5-10,13-14,27H,4,11-12H2,1-3H3. The number of ether oxygens (including phenoxy) is 2. The van der Waals surface area contributed by atoms with Gasteiger partial charge < -0.3 is 14.6 Å². The molecule has 0 amide bonds. The molecule has 8 heteroatoms. The highest BCUT2D eigenvalue weighted by molar-refractivity contribution is 7.20. The Balaban J connectivity index is 1.82. The van der Waals surface area contributed by atoms with E-state index in [1.165, 1.54) is 18.3 Å². The van der Waals surface area contributed by atoms with Gasteiger partial charge in [0.15, 0.2) is 17.1 Å². The summed E-state index contributed by atoms with van der Waals surface area (Å²) in [4.78, 5) is 4.44. The van der Waals surface area contributed by atoms with Crippen molar-refractivity contribution < 1.29 is 27.8 Å². The molecule has 0 aliphatic rings. The van der Waals surface area contributed by atoms with E-state index in [0.29, 0.717) is 22.3 Å². The number of rotatable bonds is 8. The maximum absolute atomic E-state index is 13.2. The Morgan fingerprint density at radius 1 is 1.10 bits per heavy atom. The van der Waals surface area contributed by atoms with Gasteiger partial charge in [0.05, 0.1) is 16.3 Å². The van der Waals surface area contributed by atoms with E-state index < -0.39 is 24.6 Å². The van der Waals surface area contributed by atoms with Gasteiger partial charge in [0, 0.05) is 0 Å². The molecule has 0 fully saturated rings. The van der Waals surface area contributed by atoms with Crippen molar-refractivity contribution in [3.8, 4) is 16.7 Å². The fraction of sp³-hybridized carbons (Fsp3) is 0.409. The SMILES string of the molecule is CCC(O)(CCc1ccc(Oc2nc3ccccc3s2)c(OC(C)C)c1)C(F)(F)F. The van der Waals surface area contributed by atoms with Crippen molar-refractivity contribution in [3.63, 3.8) is 0 Å². The van der Waals surface area contributed by atoms with Crippen molar-refractivity contribution in [3.05, 3.63) is 48.0 Å². The summed E-state index contributed by atoms with van der Waals surface area (Å²) in [5, 5.41) is 10.4. The number of aromatic nitrogens is 1. The van der Waals surface area contributed by atoms with Crippen LogP contribution in [0.25, 0.3) is 10.2 Å². The molecular formula is C22H24F3NO3S. The second-order valence-electron chi connectivity index (χ2n) is 7.38. The van der Waals surface area contributed by atoms with Crippen LogP contribution in [0.5, 0.6) is 16.7 Å². The van der Waals surface area contributed by atoms with Crippen LogP contribution in [0.1, 0.15) is 39.2 Å². The van der Waals surface area contributed by atoms with Crippen LogP contribution in [0.2, 0.25) is 0 Å². The Bertz CT molecular complexity index is 970. The highest BCUT2D eigenvalue weighted by Crippen LogP contribution is 2.39. The van der Waals surface area contributed by atoms with Gasteiger partial charge in [0.1, 0.15) is 0 Å². The molecule has 3 rings (SSSR count). The Labute approximate surface area is 177 Å². The molecule has 1 aromatic heterocycles. The van der Waals surface area contributed by atoms with Crippen molar-refractivity contribution in [2.75, 3.05) is 0 Å². The molecule has 1 heterocycles. The van der Waals surface area contributed by atoms with Gasteiger partial charge in [-0.15, -0.1) is 0 Å². The van der Waals surface area contributed by atoms with E-state index >= 15 is 0 Å². The van der Waals surface area contributed by atoms with Gasteiger partial charge in [-0.25, -0.2) is 4.98 Å². The molecule has 0 spiro atoms. The molecule has 0 aliphatic carbocycles. The molecule has 0 aliphatic heterocycles. The number of halogens is 3. The summed E-state index contributed by atoms with van der Waals surface area (Å²) >= 11 is 1.40. The van der Waals surface area contributed by atoms with Gasteiger partial charge in [-0.1, -0.05) is 36.5 Å². The first-order valence-corrected chi connectivity index (χ1v) is 10.5. The van der Waals surface area contributed by atoms with Crippen LogP contribution in [0, 0.1) is 0 Å². The molecule has 0 saturated heterocycles. The third-order valence-corrected chi connectivity index (χ3v) is 5.70. The van der Waals surface area contributed by atoms with Crippen molar-refractivity contribution >= 4 is 21.6 Å². The maximum Gasteiger partial charge on any atom is 0.417 e. The molecule has 30 heavy (non-hydrogen) atoms. The predicted octanol–water partition coefficient (Wildman–Crippen LogP) is 6.51. The lowest BCUT2D eigenvalue weighted by molar-refractivity contribution is -0.263. The number of thiazole rings is 1. The normalized spacial score (nSPS) is 14.1. The van der Waals surface area contributed by atoms with Crippen molar-refractivity contribution in [2.45, 2.75) is 57.9 Å². The first-order valence-electron chi connectivity index (χ1n) is 9.73. The summed E-state index contributed by atoms with van der Waals surface area (Å²) in [5.41, 5.74) is -1.26. The van der Waals surface area contributed by atoms with Crippen LogP contribution in [0.3, 0.4) is 0 Å². The van der Waals surface area contributed by atoms with E-state index in [4.69, 9.17) is 9.47 Å². The average Bonchev–Trinajstić information content (AvgIpc) is 3.09. The molecule has 0 radical (unpaired) electrons. The Morgan fingerprint density at radius 3 is 2.47 bits per heavy atom. The topological polar surface area (TPSA) is 51.6 Å². The maximum atomic E-state index is 13.2. The van der Waals surface area contributed by atoms with Gasteiger partial charge in [0.2, 0.25) is 0 Å². The lowest BCUT2D eigenvalue weighted by Crippen LogP contribution is -2.44. The number of hydrogen-bond donors (Lipinski definition) is 1. The Hall–Kier alpha value is -2.32. The Morgan fingerprint density at radius 2 is 1.83 bits per heavy atom. The van der Waals surface area contributed by atoms with E-state index in [0.717, 1.165) is 10.2 Å². The largest absolute Gasteiger partial charge is 0.487 e. The molecular weight excluding hydrogens is 415 g/mol. The summed E-state index contributed by atoms with van der Waals surface area (Å²) < 4.78 is 52.2. The number of aliphatic hydroxyl groups is 1. The Kier molecular flexibility index (Phi) is 6.57. The van der Waals surface area contributed by atoms with Gasteiger partial charge in [-0.05, 0) is 62.9 Å². The fourth-order valence-electron chi connectivity index (χ4n) is 3.00. The van der Waals surface area contributed by atoms with E-state index in [1.807, 2.05) is 38.1 Å². The smallest absolute Gasteiger partial charge is 0.417 e. The first-order chi connectivity index (χ1) is 14.1. The molecule has 0 bridgehead atoms. The van der Waals surface area contributed by atoms with Crippen molar-refractivity contribution in [2.24, 2.45) is 0 Å². The minimum absolute atomic E-state index is 0.0553. The number of benzene rings is 2. The summed E-state index contributed by atoms with van der Waals surface area (Å²) in [6, 6.07) is 12.7. The lowest BCUT2D eigenvalue weighted by Gasteiger charge is -2.29. The summed E-state index contributed by atoms with van der Waals surface area (Å²) in [7, 11) is 0. The second kappa shape index (κ2) is 8.81. The second-order valence-corrected chi connectivity index (χ2v) is 8.37. The highest BCUT2D eigenvalue weighted by Gasteiger charge is 2.51. The van der Waals surface area contributed by atoms with Crippen LogP contribution in [-0.2, 0) is 6.42 Å². The fourth-order valence-corrected chi connectivity index (χ4v) is 3.83. The van der Waals surface area contributed by atoms with E-state index in [2.05, 4.69) is 4.98 Å². The zero-order chi connectivity index (χ0) is 21.9. The molecule has 0 saturated carbocycles. The number of nitrogens with zero attached hydrogens (tertiary/aromatic N) is 1. The minimum Gasteiger partial charge on any atom is -0.487 e. The van der Waals surface area contributed by atoms with Crippen LogP contribution >= 0.6 is 11.3 Å². The van der Waals surface area contributed by atoms with Crippen LogP contribution < -0.4 is 9.47 Å². The minimum atomic E-state index is -4.67. The summed E-state index contributed by atoms with van der Waals surface area (Å²) in [6.45, 7) is 5.04. The average molecular weight is 439 g/mol. The monoisotopic (exact) mass is 439 g/mol. The van der Waals surface area contributed by atoms with Crippen molar-refractivity contribution in [1.29, 1.82) is 0 Å². The molecule has 162 valence electrons. The zero-order valence-electron chi connectivity index (χ0n) is 17.0. The number of alkyl halides is 3. The number of fused-ring (bicyclic) bond motifs is 1. The van der Waals surface area contributed by atoms with Crippen LogP contribution in [0.15, 0.2) is 42.5 Å². The van der Waals surface area contributed by atoms with Gasteiger partial charge >= 0.3 is 6.18 Å². The molecule has 4 nitrogen and oxygen atoms in total. The molecule has 2 aromatic carbocycles. The quantitative estimate of drug-likeness (QED) is 0.435. The van der Waals surface area contributed by atoms with Crippen LogP contribution in [0.4, 0.5) is 13.2 Å². The molecule has 3 aromatic rings. The first kappa shape index (κ1) is 22.4. The summed E-state index contributed by atoms with van der Waals surface area (Å²) in [5.74, 6) is 0.863.